The summed E-state index contributed by atoms with van der Waals surface area (Å²) in [7, 11) is 0. The Bertz CT molecular complexity index is 651. The zero-order valence-corrected chi connectivity index (χ0v) is 8.40. The Morgan fingerprint density at radius 1 is 1.19 bits per heavy atom. The van der Waals surface area contributed by atoms with Gasteiger partial charge in [-0.15, -0.1) is 0 Å². The predicted octanol–water partition coefficient (Wildman–Crippen LogP) is 2.37. The molecule has 0 amide bonds. The molecule has 16 heavy (non-hydrogen) atoms. The summed E-state index contributed by atoms with van der Waals surface area (Å²) in [6, 6.07) is 7.93. The van der Waals surface area contributed by atoms with Crippen LogP contribution in [-0.2, 0) is 0 Å². The van der Waals surface area contributed by atoms with E-state index < -0.39 is 0 Å². The maximum Gasteiger partial charge on any atom is 0.168 e. The van der Waals surface area contributed by atoms with Crippen LogP contribution in [0.5, 0.6) is 0 Å². The highest BCUT2D eigenvalue weighted by Crippen LogP contribution is 2.28. The van der Waals surface area contributed by atoms with Gasteiger partial charge in [0.1, 0.15) is 11.4 Å². The topological polar surface area (TPSA) is 61.5 Å². The molecule has 4 heteroatoms. The number of hydrogen-bond donors (Lipinski definition) is 2. The monoisotopic (exact) mass is 211 g/mol. The van der Waals surface area contributed by atoms with Crippen LogP contribution < -0.4 is 0 Å². The fraction of sp³-hybridized carbons (Fsp3) is 0. The molecule has 0 aliphatic carbocycles. The Hall–Kier alpha value is -2.36. The van der Waals surface area contributed by atoms with E-state index in [4.69, 9.17) is 0 Å². The number of aromatic amines is 2. The molecule has 2 aromatic heterocycles. The van der Waals surface area contributed by atoms with Gasteiger partial charge in [-0.1, -0.05) is 18.2 Å². The average Bonchev–Trinajstić information content (AvgIpc) is 2.94. The van der Waals surface area contributed by atoms with E-state index in [9.17, 15) is 4.79 Å². The van der Waals surface area contributed by atoms with Crippen molar-refractivity contribution in [2.45, 2.75) is 0 Å². The first kappa shape index (κ1) is 8.91. The number of benzene rings is 1. The first-order valence-corrected chi connectivity index (χ1v) is 4.95. The Morgan fingerprint density at radius 2 is 2.06 bits per heavy atom. The highest BCUT2D eigenvalue weighted by Gasteiger charge is 2.11. The minimum atomic E-state index is 0.504. The minimum absolute atomic E-state index is 0.504. The van der Waals surface area contributed by atoms with Crippen molar-refractivity contribution in [3.8, 4) is 11.3 Å². The molecule has 3 aromatic rings. The largest absolute Gasteiger partial charge is 0.360 e. The number of hydrogen-bond acceptors (Lipinski definition) is 2. The van der Waals surface area contributed by atoms with E-state index >= 15 is 0 Å². The minimum Gasteiger partial charge on any atom is -0.360 e. The quantitative estimate of drug-likeness (QED) is 0.639. The van der Waals surface area contributed by atoms with Crippen molar-refractivity contribution in [1.29, 1.82) is 0 Å². The molecule has 78 valence electrons. The summed E-state index contributed by atoms with van der Waals surface area (Å²) in [5.74, 6) is 0. The zero-order valence-electron chi connectivity index (χ0n) is 8.40. The molecule has 0 aliphatic heterocycles. The fourth-order valence-electron chi connectivity index (χ4n) is 1.88. The average molecular weight is 211 g/mol. The third-order valence-corrected chi connectivity index (χ3v) is 2.63. The maximum absolute atomic E-state index is 10.8. The molecule has 0 saturated heterocycles. The van der Waals surface area contributed by atoms with Crippen LogP contribution in [0.2, 0.25) is 0 Å². The molecule has 0 unspecified atom stereocenters. The lowest BCUT2D eigenvalue weighted by atomic mass is 10.1. The zero-order chi connectivity index (χ0) is 11.0. The first-order chi connectivity index (χ1) is 7.90. The van der Waals surface area contributed by atoms with Gasteiger partial charge in [0.15, 0.2) is 6.29 Å². The summed E-state index contributed by atoms with van der Waals surface area (Å²) in [5, 5.41) is 1.07. The van der Waals surface area contributed by atoms with Gasteiger partial charge in [-0.2, -0.15) is 0 Å². The molecule has 1 aromatic carbocycles. The molecule has 2 N–H and O–H groups in total. The summed E-state index contributed by atoms with van der Waals surface area (Å²) in [6.07, 6.45) is 4.18. The first-order valence-electron chi connectivity index (χ1n) is 4.95. The van der Waals surface area contributed by atoms with E-state index in [0.29, 0.717) is 11.4 Å². The maximum atomic E-state index is 10.8. The lowest BCUT2D eigenvalue weighted by molar-refractivity contribution is 0.112. The molecular formula is C12H9N3O. The van der Waals surface area contributed by atoms with Crippen LogP contribution in [0.3, 0.4) is 0 Å². The van der Waals surface area contributed by atoms with E-state index in [-0.39, 0.29) is 0 Å². The van der Waals surface area contributed by atoms with Crippen molar-refractivity contribution in [2.75, 3.05) is 0 Å². The van der Waals surface area contributed by atoms with Gasteiger partial charge in [0.05, 0.1) is 6.33 Å². The van der Waals surface area contributed by atoms with Crippen molar-refractivity contribution in [2.24, 2.45) is 0 Å². The van der Waals surface area contributed by atoms with Crippen LogP contribution in [0.4, 0.5) is 0 Å². The van der Waals surface area contributed by atoms with Crippen LogP contribution >= 0.6 is 0 Å². The second-order valence-corrected chi connectivity index (χ2v) is 3.53. The van der Waals surface area contributed by atoms with E-state index in [2.05, 4.69) is 15.0 Å². The number of aromatic nitrogens is 3. The van der Waals surface area contributed by atoms with Crippen LogP contribution in [-0.4, -0.2) is 21.2 Å². The number of imidazole rings is 1. The summed E-state index contributed by atoms with van der Waals surface area (Å²) < 4.78 is 0. The molecule has 2 heterocycles. The van der Waals surface area contributed by atoms with Crippen molar-refractivity contribution < 1.29 is 4.79 Å². The van der Waals surface area contributed by atoms with Crippen LogP contribution in [0.1, 0.15) is 10.5 Å². The van der Waals surface area contributed by atoms with Gasteiger partial charge in [0, 0.05) is 22.7 Å². The van der Waals surface area contributed by atoms with E-state index in [1.165, 1.54) is 6.33 Å². The molecule has 0 spiro atoms. The molecule has 0 fully saturated rings. The number of aldehydes is 1. The smallest absolute Gasteiger partial charge is 0.168 e. The lowest BCUT2D eigenvalue weighted by Gasteiger charge is -1.95. The summed E-state index contributed by atoms with van der Waals surface area (Å²) >= 11 is 0. The van der Waals surface area contributed by atoms with Gasteiger partial charge in [-0.25, -0.2) is 4.98 Å². The van der Waals surface area contributed by atoms with E-state index in [1.807, 2.05) is 30.5 Å². The number of nitrogens with one attached hydrogen (secondary N) is 2. The highest BCUT2D eigenvalue weighted by atomic mass is 16.1. The lowest BCUT2D eigenvalue weighted by Crippen LogP contribution is -1.84. The van der Waals surface area contributed by atoms with Gasteiger partial charge in [-0.05, 0) is 6.07 Å². The summed E-state index contributed by atoms with van der Waals surface area (Å²) in [5.41, 5.74) is 3.17. The van der Waals surface area contributed by atoms with Crippen LogP contribution in [0, 0.1) is 0 Å². The molecule has 4 nitrogen and oxygen atoms in total. The summed E-state index contributed by atoms with van der Waals surface area (Å²) in [6.45, 7) is 0. The van der Waals surface area contributed by atoms with Gasteiger partial charge in [0.25, 0.3) is 0 Å². The number of nitrogens with zero attached hydrogens (tertiary/aromatic N) is 1. The molecule has 0 saturated carbocycles. The number of rotatable bonds is 2. The Morgan fingerprint density at radius 3 is 2.94 bits per heavy atom. The van der Waals surface area contributed by atoms with Crippen LogP contribution in [0.15, 0.2) is 36.8 Å². The van der Waals surface area contributed by atoms with Gasteiger partial charge >= 0.3 is 0 Å². The van der Waals surface area contributed by atoms with Crippen molar-refractivity contribution in [1.82, 2.24) is 15.0 Å². The molecular weight excluding hydrogens is 202 g/mol. The summed E-state index contributed by atoms with van der Waals surface area (Å²) in [4.78, 5) is 21.0. The molecule has 0 aliphatic rings. The Kier molecular flexibility index (Phi) is 1.86. The second kappa shape index (κ2) is 3.34. The third-order valence-electron chi connectivity index (χ3n) is 2.63. The predicted molar refractivity (Wildman–Crippen MR) is 61.3 cm³/mol. The van der Waals surface area contributed by atoms with E-state index in [0.717, 1.165) is 22.8 Å². The number of para-hydroxylation sites is 1. The van der Waals surface area contributed by atoms with Gasteiger partial charge in [-0.3, -0.25) is 4.79 Å². The normalized spacial score (nSPS) is 10.8. The molecule has 0 atom stereocenters. The van der Waals surface area contributed by atoms with E-state index in [1.54, 1.807) is 0 Å². The number of fused-ring (bicyclic) bond motifs is 1. The molecule has 0 bridgehead atoms. The van der Waals surface area contributed by atoms with Crippen molar-refractivity contribution >= 4 is 17.2 Å². The third kappa shape index (κ3) is 1.16. The molecule has 0 radical (unpaired) electrons. The Labute approximate surface area is 91.3 Å². The molecule has 3 rings (SSSR count). The van der Waals surface area contributed by atoms with Crippen molar-refractivity contribution in [3.05, 3.63) is 42.5 Å². The van der Waals surface area contributed by atoms with Crippen LogP contribution in [0.25, 0.3) is 22.2 Å². The van der Waals surface area contributed by atoms with Crippen molar-refractivity contribution in [3.63, 3.8) is 0 Å². The Balaban J connectivity index is 2.30. The standard InChI is InChI=1S/C12H9N3O/c16-6-11-12(15-7-14-11)9-5-13-10-4-2-1-3-8(9)10/h1-7,13H,(H,14,15). The number of carbonyl (C=O) groups excluding carboxylic acids is 1. The van der Waals surface area contributed by atoms with Gasteiger partial charge < -0.3 is 9.97 Å². The SMILES string of the molecule is O=Cc1[nH]cnc1-c1c[nH]c2ccccc12. The van der Waals surface area contributed by atoms with Gasteiger partial charge in [0.2, 0.25) is 0 Å². The number of H-pyrrole nitrogens is 2. The second-order valence-electron chi connectivity index (χ2n) is 3.53. The number of carbonyl (C=O) groups is 1. The fourth-order valence-corrected chi connectivity index (χ4v) is 1.88. The highest BCUT2D eigenvalue weighted by molar-refractivity contribution is 5.98.